The molecular weight excluding hydrogens is 334 g/mol. The molecular formula is C21H24ClNO2. The van der Waals surface area contributed by atoms with Crippen molar-refractivity contribution in [3.63, 3.8) is 0 Å². The second-order valence-corrected chi connectivity index (χ2v) is 6.20. The Morgan fingerprint density at radius 1 is 1.04 bits per heavy atom. The first kappa shape index (κ1) is 19.3. The van der Waals surface area contributed by atoms with Gasteiger partial charge in [0.25, 0.3) is 0 Å². The molecule has 0 heterocycles. The average molecular weight is 358 g/mol. The van der Waals surface area contributed by atoms with E-state index in [0.29, 0.717) is 22.8 Å². The summed E-state index contributed by atoms with van der Waals surface area (Å²) in [7, 11) is 0. The monoisotopic (exact) mass is 357 g/mol. The fourth-order valence-electron chi connectivity index (χ4n) is 2.65. The Labute approximate surface area is 155 Å². The zero-order valence-electron chi connectivity index (χ0n) is 14.7. The number of rotatable bonds is 8. The Bertz CT molecular complexity index is 702. The van der Waals surface area contributed by atoms with Gasteiger partial charge in [-0.25, -0.2) is 0 Å². The van der Waals surface area contributed by atoms with Crippen LogP contribution in [0.2, 0.25) is 5.02 Å². The third-order valence-corrected chi connectivity index (χ3v) is 4.57. The molecule has 2 aromatic carbocycles. The molecule has 132 valence electrons. The second kappa shape index (κ2) is 8.92. The van der Waals surface area contributed by atoms with Crippen LogP contribution in [0.1, 0.15) is 25.0 Å². The maximum Gasteiger partial charge on any atom is 0.176 e. The predicted molar refractivity (Wildman–Crippen MR) is 103 cm³/mol. The standard InChI is InChI=1S/C21H24ClNO2/c1-4-21(24,17-7-11-19(22)12-8-17)18-9-13-20(14-10-18)25-16-15-23(5-2)6-3/h1,7-14,24H,5-6,15-16H2,2-3H3. The fraction of sp³-hybridized carbons (Fsp3) is 0.333. The van der Waals surface area contributed by atoms with Crippen LogP contribution in [0.15, 0.2) is 48.5 Å². The maximum absolute atomic E-state index is 10.9. The minimum Gasteiger partial charge on any atom is -0.492 e. The lowest BCUT2D eigenvalue weighted by Crippen LogP contribution is -2.28. The van der Waals surface area contributed by atoms with Crippen LogP contribution in [0, 0.1) is 12.3 Å². The smallest absolute Gasteiger partial charge is 0.176 e. The van der Waals surface area contributed by atoms with E-state index >= 15 is 0 Å². The van der Waals surface area contributed by atoms with E-state index in [1.165, 1.54) is 0 Å². The van der Waals surface area contributed by atoms with Gasteiger partial charge in [-0.2, -0.15) is 0 Å². The first-order chi connectivity index (χ1) is 12.0. The van der Waals surface area contributed by atoms with Crippen LogP contribution in [0.25, 0.3) is 0 Å². The Balaban J connectivity index is 2.09. The highest BCUT2D eigenvalue weighted by Crippen LogP contribution is 2.31. The van der Waals surface area contributed by atoms with E-state index in [9.17, 15) is 5.11 Å². The van der Waals surface area contributed by atoms with Gasteiger partial charge in [0.05, 0.1) is 0 Å². The highest BCUT2D eigenvalue weighted by atomic mass is 35.5. The van der Waals surface area contributed by atoms with E-state index in [0.717, 1.165) is 25.4 Å². The lowest BCUT2D eigenvalue weighted by atomic mass is 9.87. The summed E-state index contributed by atoms with van der Waals surface area (Å²) in [4.78, 5) is 2.30. The molecule has 3 nitrogen and oxygen atoms in total. The van der Waals surface area contributed by atoms with Crippen LogP contribution in [-0.2, 0) is 5.60 Å². The number of aliphatic hydroxyl groups is 1. The van der Waals surface area contributed by atoms with E-state index < -0.39 is 5.60 Å². The maximum atomic E-state index is 10.9. The summed E-state index contributed by atoms with van der Waals surface area (Å²) in [5, 5.41) is 11.5. The molecule has 2 aromatic rings. The van der Waals surface area contributed by atoms with E-state index in [1.807, 2.05) is 12.1 Å². The Morgan fingerprint density at radius 2 is 1.56 bits per heavy atom. The molecule has 1 N–H and O–H groups in total. The van der Waals surface area contributed by atoms with Crippen molar-refractivity contribution in [3.05, 3.63) is 64.7 Å². The first-order valence-electron chi connectivity index (χ1n) is 8.45. The van der Waals surface area contributed by atoms with E-state index in [-0.39, 0.29) is 0 Å². The van der Waals surface area contributed by atoms with Gasteiger partial charge in [0.15, 0.2) is 5.60 Å². The fourth-order valence-corrected chi connectivity index (χ4v) is 2.78. The number of terminal acetylenes is 1. The number of halogens is 1. The molecule has 0 saturated carbocycles. The Hall–Kier alpha value is -1.99. The molecule has 0 bridgehead atoms. The van der Waals surface area contributed by atoms with Crippen molar-refractivity contribution in [1.29, 1.82) is 0 Å². The minimum atomic E-state index is -1.50. The molecule has 0 aliphatic rings. The number of hydrogen-bond acceptors (Lipinski definition) is 3. The van der Waals surface area contributed by atoms with Crippen molar-refractivity contribution in [2.75, 3.05) is 26.2 Å². The van der Waals surface area contributed by atoms with Gasteiger partial charge in [0, 0.05) is 22.7 Å². The largest absolute Gasteiger partial charge is 0.492 e. The quantitative estimate of drug-likeness (QED) is 0.726. The van der Waals surface area contributed by atoms with Crippen molar-refractivity contribution in [3.8, 4) is 18.1 Å². The molecule has 1 atom stereocenters. The van der Waals surface area contributed by atoms with E-state index in [2.05, 4.69) is 24.7 Å². The van der Waals surface area contributed by atoms with Gasteiger partial charge in [0.1, 0.15) is 12.4 Å². The molecule has 0 aliphatic carbocycles. The highest BCUT2D eigenvalue weighted by molar-refractivity contribution is 6.30. The SMILES string of the molecule is C#CC(O)(c1ccc(Cl)cc1)c1ccc(OCCN(CC)CC)cc1. The third kappa shape index (κ3) is 4.76. The topological polar surface area (TPSA) is 32.7 Å². The number of benzene rings is 2. The summed E-state index contributed by atoms with van der Waals surface area (Å²) in [6, 6.07) is 14.1. The summed E-state index contributed by atoms with van der Waals surface area (Å²) in [5.41, 5.74) is -0.271. The van der Waals surface area contributed by atoms with Crippen LogP contribution in [0.3, 0.4) is 0 Å². The van der Waals surface area contributed by atoms with Crippen molar-refractivity contribution in [2.45, 2.75) is 19.4 Å². The zero-order valence-corrected chi connectivity index (χ0v) is 15.5. The molecule has 25 heavy (non-hydrogen) atoms. The summed E-state index contributed by atoms with van der Waals surface area (Å²) in [5.74, 6) is 3.24. The van der Waals surface area contributed by atoms with Gasteiger partial charge in [-0.05, 0) is 37.4 Å². The van der Waals surface area contributed by atoms with E-state index in [1.54, 1.807) is 36.4 Å². The molecule has 0 spiro atoms. The van der Waals surface area contributed by atoms with Gasteiger partial charge in [-0.3, -0.25) is 0 Å². The summed E-state index contributed by atoms with van der Waals surface area (Å²) < 4.78 is 5.77. The van der Waals surface area contributed by atoms with Gasteiger partial charge in [0.2, 0.25) is 0 Å². The molecule has 0 fully saturated rings. The normalized spacial score (nSPS) is 13.3. The molecule has 0 aliphatic heterocycles. The van der Waals surface area contributed by atoms with Crippen molar-refractivity contribution in [1.82, 2.24) is 4.90 Å². The van der Waals surface area contributed by atoms with Crippen LogP contribution >= 0.6 is 11.6 Å². The molecule has 2 rings (SSSR count). The second-order valence-electron chi connectivity index (χ2n) is 5.76. The predicted octanol–water partition coefficient (Wildman–Crippen LogP) is 3.93. The van der Waals surface area contributed by atoms with Crippen molar-refractivity contribution >= 4 is 11.6 Å². The van der Waals surface area contributed by atoms with Crippen LogP contribution in [0.5, 0.6) is 5.75 Å². The minimum absolute atomic E-state index is 0.597. The average Bonchev–Trinajstić information content (AvgIpc) is 2.65. The van der Waals surface area contributed by atoms with Crippen molar-refractivity contribution in [2.24, 2.45) is 0 Å². The molecule has 0 radical (unpaired) electrons. The van der Waals surface area contributed by atoms with Gasteiger partial charge in [-0.15, -0.1) is 6.42 Å². The Morgan fingerprint density at radius 3 is 2.04 bits per heavy atom. The summed E-state index contributed by atoms with van der Waals surface area (Å²) >= 11 is 5.91. The van der Waals surface area contributed by atoms with Crippen LogP contribution in [-0.4, -0.2) is 36.2 Å². The van der Waals surface area contributed by atoms with Crippen LogP contribution < -0.4 is 4.74 Å². The Kier molecular flexibility index (Phi) is 6.90. The molecule has 1 unspecified atom stereocenters. The highest BCUT2D eigenvalue weighted by Gasteiger charge is 2.29. The lowest BCUT2D eigenvalue weighted by molar-refractivity contribution is 0.145. The summed E-state index contributed by atoms with van der Waals surface area (Å²) in [6.45, 7) is 7.79. The van der Waals surface area contributed by atoms with Crippen LogP contribution in [0.4, 0.5) is 0 Å². The van der Waals surface area contributed by atoms with Gasteiger partial charge in [-0.1, -0.05) is 55.6 Å². The summed E-state index contributed by atoms with van der Waals surface area (Å²) in [6.07, 6.45) is 5.62. The number of ether oxygens (including phenoxy) is 1. The molecule has 0 aromatic heterocycles. The lowest BCUT2D eigenvalue weighted by Gasteiger charge is -2.24. The van der Waals surface area contributed by atoms with E-state index in [4.69, 9.17) is 22.8 Å². The van der Waals surface area contributed by atoms with Gasteiger partial charge < -0.3 is 14.7 Å². The number of likely N-dealkylation sites (N-methyl/N-ethyl adjacent to an activating group) is 1. The van der Waals surface area contributed by atoms with Gasteiger partial charge >= 0.3 is 0 Å². The molecule has 0 amide bonds. The molecule has 4 heteroatoms. The first-order valence-corrected chi connectivity index (χ1v) is 8.83. The molecule has 0 saturated heterocycles. The third-order valence-electron chi connectivity index (χ3n) is 4.31. The number of hydrogen-bond donors (Lipinski definition) is 1. The van der Waals surface area contributed by atoms with Crippen molar-refractivity contribution < 1.29 is 9.84 Å². The number of nitrogens with zero attached hydrogens (tertiary/aromatic N) is 1. The zero-order chi connectivity index (χ0) is 18.3.